The van der Waals surface area contributed by atoms with Crippen molar-refractivity contribution in [3.05, 3.63) is 29.0 Å². The molecule has 0 bridgehead atoms. The maximum absolute atomic E-state index is 10.7. The van der Waals surface area contributed by atoms with Gasteiger partial charge in [-0.05, 0) is 24.5 Å². The highest BCUT2D eigenvalue weighted by atomic mass is 35.5. The predicted octanol–water partition coefficient (Wildman–Crippen LogP) is 2.55. The fourth-order valence-corrected chi connectivity index (χ4v) is 3.76. The number of hydrogen-bond donors (Lipinski definition) is 1. The van der Waals surface area contributed by atoms with Gasteiger partial charge in [0.1, 0.15) is 5.15 Å². The molecule has 1 saturated heterocycles. The van der Waals surface area contributed by atoms with Gasteiger partial charge in [-0.3, -0.25) is 9.80 Å². The summed E-state index contributed by atoms with van der Waals surface area (Å²) in [6.07, 6.45) is 7.46. The Kier molecular flexibility index (Phi) is 5.34. The van der Waals surface area contributed by atoms with Gasteiger partial charge >= 0.3 is 0 Å². The monoisotopic (exact) mass is 323 g/mol. The van der Waals surface area contributed by atoms with E-state index < -0.39 is 5.60 Å². The molecule has 0 atom stereocenters. The Morgan fingerprint density at radius 2 is 1.73 bits per heavy atom. The number of hydrogen-bond acceptors (Lipinski definition) is 4. The van der Waals surface area contributed by atoms with Crippen molar-refractivity contribution in [1.82, 2.24) is 14.8 Å². The summed E-state index contributed by atoms with van der Waals surface area (Å²) < 4.78 is 0. The predicted molar refractivity (Wildman–Crippen MR) is 89.0 cm³/mol. The first-order valence-electron chi connectivity index (χ1n) is 8.41. The Balaban J connectivity index is 1.45. The zero-order valence-electron chi connectivity index (χ0n) is 13.2. The minimum atomic E-state index is -0.430. The maximum Gasteiger partial charge on any atom is 0.129 e. The van der Waals surface area contributed by atoms with Crippen LogP contribution in [0.5, 0.6) is 0 Å². The average Bonchev–Trinajstić information content (AvgIpc) is 2.52. The second-order valence-corrected chi connectivity index (χ2v) is 7.21. The minimum Gasteiger partial charge on any atom is -0.389 e. The van der Waals surface area contributed by atoms with Crippen LogP contribution >= 0.6 is 11.6 Å². The van der Waals surface area contributed by atoms with Gasteiger partial charge in [0.15, 0.2) is 0 Å². The van der Waals surface area contributed by atoms with E-state index in [1.807, 2.05) is 18.3 Å². The van der Waals surface area contributed by atoms with E-state index in [0.29, 0.717) is 5.15 Å². The number of nitrogens with zero attached hydrogens (tertiary/aromatic N) is 3. The van der Waals surface area contributed by atoms with Gasteiger partial charge in [0.2, 0.25) is 0 Å². The van der Waals surface area contributed by atoms with Crippen LogP contribution in [0.25, 0.3) is 0 Å². The van der Waals surface area contributed by atoms with Crippen molar-refractivity contribution < 1.29 is 5.11 Å². The molecule has 1 aromatic rings. The van der Waals surface area contributed by atoms with Crippen LogP contribution in [0.4, 0.5) is 0 Å². The maximum atomic E-state index is 10.7. The molecule has 0 radical (unpaired) electrons. The lowest BCUT2D eigenvalue weighted by molar-refractivity contribution is -0.0359. The molecular weight excluding hydrogens is 298 g/mol. The zero-order chi connectivity index (χ0) is 15.4. The normalized spacial score (nSPS) is 23.5. The summed E-state index contributed by atoms with van der Waals surface area (Å²) in [4.78, 5) is 9.02. The van der Waals surface area contributed by atoms with Gasteiger partial charge in [0.25, 0.3) is 0 Å². The van der Waals surface area contributed by atoms with E-state index in [2.05, 4.69) is 14.8 Å². The third kappa shape index (κ3) is 4.42. The second-order valence-electron chi connectivity index (χ2n) is 6.83. The molecule has 5 heteroatoms. The molecule has 2 aliphatic rings. The van der Waals surface area contributed by atoms with Gasteiger partial charge in [0, 0.05) is 45.5 Å². The number of piperazine rings is 1. The van der Waals surface area contributed by atoms with E-state index >= 15 is 0 Å². The zero-order valence-corrected chi connectivity index (χ0v) is 13.9. The molecule has 1 N–H and O–H groups in total. The SMILES string of the molecule is OC1(CN2CCN(Cc3ccc(Cl)nc3)CC2)CCCCC1. The largest absolute Gasteiger partial charge is 0.389 e. The number of rotatable bonds is 4. The third-order valence-electron chi connectivity index (χ3n) is 4.96. The summed E-state index contributed by atoms with van der Waals surface area (Å²) in [5, 5.41) is 11.2. The number of pyridine rings is 1. The van der Waals surface area contributed by atoms with Gasteiger partial charge in [-0.2, -0.15) is 0 Å². The smallest absolute Gasteiger partial charge is 0.129 e. The Morgan fingerprint density at radius 1 is 1.05 bits per heavy atom. The van der Waals surface area contributed by atoms with Crippen LogP contribution in [0.15, 0.2) is 18.3 Å². The highest BCUT2D eigenvalue weighted by Crippen LogP contribution is 2.29. The molecule has 0 amide bonds. The Bertz CT molecular complexity index is 465. The van der Waals surface area contributed by atoms with E-state index in [9.17, 15) is 5.11 Å². The quantitative estimate of drug-likeness (QED) is 0.864. The Hall–Kier alpha value is -0.680. The van der Waals surface area contributed by atoms with Crippen LogP contribution in [0.2, 0.25) is 5.15 Å². The van der Waals surface area contributed by atoms with Crippen LogP contribution in [0, 0.1) is 0 Å². The van der Waals surface area contributed by atoms with E-state index in [1.165, 1.54) is 24.8 Å². The Morgan fingerprint density at radius 3 is 2.36 bits per heavy atom. The molecule has 0 aromatic carbocycles. The molecule has 0 unspecified atom stereocenters. The summed E-state index contributed by atoms with van der Waals surface area (Å²) in [6.45, 7) is 5.98. The van der Waals surface area contributed by atoms with Gasteiger partial charge in [0.05, 0.1) is 5.60 Å². The summed E-state index contributed by atoms with van der Waals surface area (Å²) in [5.74, 6) is 0. The molecule has 2 heterocycles. The molecular formula is C17H26ClN3O. The number of aromatic nitrogens is 1. The summed E-state index contributed by atoms with van der Waals surface area (Å²) in [7, 11) is 0. The summed E-state index contributed by atoms with van der Waals surface area (Å²) >= 11 is 5.82. The van der Waals surface area contributed by atoms with Crippen LogP contribution in [0.1, 0.15) is 37.7 Å². The topological polar surface area (TPSA) is 39.6 Å². The van der Waals surface area contributed by atoms with Crippen molar-refractivity contribution in [2.24, 2.45) is 0 Å². The van der Waals surface area contributed by atoms with Crippen molar-refractivity contribution in [2.75, 3.05) is 32.7 Å². The molecule has 3 rings (SSSR count). The van der Waals surface area contributed by atoms with E-state index in [4.69, 9.17) is 11.6 Å². The molecule has 122 valence electrons. The highest BCUT2D eigenvalue weighted by Gasteiger charge is 2.32. The fourth-order valence-electron chi connectivity index (χ4n) is 3.65. The van der Waals surface area contributed by atoms with Gasteiger partial charge < -0.3 is 5.11 Å². The molecule has 4 nitrogen and oxygen atoms in total. The minimum absolute atomic E-state index is 0.430. The van der Waals surface area contributed by atoms with Gasteiger partial charge in [-0.1, -0.05) is 36.9 Å². The standard InChI is InChI=1S/C17H26ClN3O/c18-16-5-4-15(12-19-16)13-20-8-10-21(11-9-20)14-17(22)6-2-1-3-7-17/h4-5,12,22H,1-3,6-11,13-14H2. The van der Waals surface area contributed by atoms with Gasteiger partial charge in [-0.15, -0.1) is 0 Å². The second kappa shape index (κ2) is 7.26. The van der Waals surface area contributed by atoms with Crippen LogP contribution in [-0.4, -0.2) is 58.2 Å². The molecule has 1 aliphatic heterocycles. The van der Waals surface area contributed by atoms with Gasteiger partial charge in [-0.25, -0.2) is 4.98 Å². The lowest BCUT2D eigenvalue weighted by Crippen LogP contribution is -2.52. The molecule has 1 aromatic heterocycles. The van der Waals surface area contributed by atoms with E-state index in [1.54, 1.807) is 0 Å². The molecule has 0 spiro atoms. The highest BCUT2D eigenvalue weighted by molar-refractivity contribution is 6.29. The van der Waals surface area contributed by atoms with E-state index in [-0.39, 0.29) is 0 Å². The molecule has 1 aliphatic carbocycles. The average molecular weight is 324 g/mol. The van der Waals surface area contributed by atoms with Crippen molar-refractivity contribution in [3.63, 3.8) is 0 Å². The molecule has 22 heavy (non-hydrogen) atoms. The van der Waals surface area contributed by atoms with Crippen molar-refractivity contribution in [3.8, 4) is 0 Å². The molecule has 1 saturated carbocycles. The fraction of sp³-hybridized carbons (Fsp3) is 0.706. The number of β-amino-alcohol motifs (C(OH)–C–C–N with tert-alkyl or cyclic N) is 1. The first-order valence-corrected chi connectivity index (χ1v) is 8.78. The first-order chi connectivity index (χ1) is 10.6. The number of halogens is 1. The Labute approximate surface area is 138 Å². The van der Waals surface area contributed by atoms with E-state index in [0.717, 1.165) is 52.1 Å². The lowest BCUT2D eigenvalue weighted by atomic mass is 9.84. The van der Waals surface area contributed by atoms with Crippen LogP contribution < -0.4 is 0 Å². The third-order valence-corrected chi connectivity index (χ3v) is 5.19. The van der Waals surface area contributed by atoms with Crippen molar-refractivity contribution in [2.45, 2.75) is 44.2 Å². The van der Waals surface area contributed by atoms with Crippen molar-refractivity contribution in [1.29, 1.82) is 0 Å². The number of aliphatic hydroxyl groups is 1. The summed E-state index contributed by atoms with van der Waals surface area (Å²) in [6, 6.07) is 3.90. The van der Waals surface area contributed by atoms with Crippen molar-refractivity contribution >= 4 is 11.6 Å². The first kappa shape index (κ1) is 16.2. The molecule has 2 fully saturated rings. The van der Waals surface area contributed by atoms with Crippen LogP contribution in [0.3, 0.4) is 0 Å². The van der Waals surface area contributed by atoms with Crippen LogP contribution in [-0.2, 0) is 6.54 Å². The lowest BCUT2D eigenvalue weighted by Gasteiger charge is -2.41. The summed E-state index contributed by atoms with van der Waals surface area (Å²) in [5.41, 5.74) is 0.782.